The maximum atomic E-state index is 14.0. The van der Waals surface area contributed by atoms with Gasteiger partial charge in [0.15, 0.2) is 11.6 Å². The zero-order valence-corrected chi connectivity index (χ0v) is 22.8. The lowest BCUT2D eigenvalue weighted by molar-refractivity contribution is -0.121. The number of hydrogen-bond donors (Lipinski definition) is 2. The number of hydrogen-bond acceptors (Lipinski definition) is 6. The molecule has 5 unspecified atom stereocenters. The van der Waals surface area contributed by atoms with Gasteiger partial charge in [0.25, 0.3) is 0 Å². The lowest BCUT2D eigenvalue weighted by Gasteiger charge is -2.30. The standard InChI is InChI=1S/C29H39ClFN3O3/c1-19(30)7-4-8-22(20(2)31)14-32-15-23-9-6-12-33(23)16-25(37)17-34-18-26(21(3)35)28-27-13-24(36)10-5-11-29(27,28)34/h4-5,7-8,10,13,18-20,23,27-28,32,36H,6,9,11-12,14-17H2,1-3H3/b7-4-,22-8-/t19?,20?,23?,27?,28?,29-/m1/s1. The molecular weight excluding hydrogens is 493 g/mol. The van der Waals surface area contributed by atoms with Gasteiger partial charge in [0.1, 0.15) is 11.9 Å². The second-order valence-corrected chi connectivity index (χ2v) is 11.5. The Balaban J connectivity index is 1.33. The molecule has 0 amide bonds. The Bertz CT molecular complexity index is 1050. The fourth-order valence-electron chi connectivity index (χ4n) is 6.24. The fraction of sp³-hybridized carbons (Fsp3) is 0.586. The largest absolute Gasteiger partial charge is 0.508 e. The number of rotatable bonds is 12. The minimum Gasteiger partial charge on any atom is -0.508 e. The van der Waals surface area contributed by atoms with Gasteiger partial charge < -0.3 is 15.3 Å². The third-order valence-corrected chi connectivity index (χ3v) is 8.30. The van der Waals surface area contributed by atoms with Crippen LogP contribution in [0.15, 0.2) is 59.6 Å². The molecule has 202 valence electrons. The third-order valence-electron chi connectivity index (χ3n) is 8.15. The third kappa shape index (κ3) is 6.10. The van der Waals surface area contributed by atoms with Crippen molar-refractivity contribution in [2.24, 2.45) is 11.8 Å². The highest BCUT2D eigenvalue weighted by Crippen LogP contribution is 2.66. The summed E-state index contributed by atoms with van der Waals surface area (Å²) < 4.78 is 14.0. The van der Waals surface area contributed by atoms with Crippen LogP contribution in [0.25, 0.3) is 0 Å². The summed E-state index contributed by atoms with van der Waals surface area (Å²) in [6.07, 6.45) is 14.4. The number of fused-ring (bicyclic) bond motifs is 1. The number of alkyl halides is 2. The molecule has 0 aromatic heterocycles. The Hall–Kier alpha value is -2.22. The summed E-state index contributed by atoms with van der Waals surface area (Å²) in [7, 11) is 0. The van der Waals surface area contributed by atoms with Crippen LogP contribution >= 0.6 is 11.6 Å². The highest BCUT2D eigenvalue weighted by molar-refractivity contribution is 6.21. The number of Topliss-reactive ketones (excluding diaryl/α,β-unsaturated/α-hetero) is 2. The van der Waals surface area contributed by atoms with Crippen molar-refractivity contribution in [3.05, 3.63) is 59.6 Å². The number of carbonyl (C=O) groups is 2. The number of nitrogens with zero attached hydrogens (tertiary/aromatic N) is 2. The average molecular weight is 532 g/mol. The van der Waals surface area contributed by atoms with Crippen LogP contribution < -0.4 is 5.32 Å². The van der Waals surface area contributed by atoms with E-state index in [4.69, 9.17) is 11.6 Å². The van der Waals surface area contributed by atoms with Gasteiger partial charge in [0.05, 0.1) is 18.6 Å². The predicted molar refractivity (Wildman–Crippen MR) is 145 cm³/mol. The maximum absolute atomic E-state index is 14.0. The van der Waals surface area contributed by atoms with Gasteiger partial charge in [0, 0.05) is 48.1 Å². The molecule has 1 saturated heterocycles. The summed E-state index contributed by atoms with van der Waals surface area (Å²) in [4.78, 5) is 29.8. The molecule has 8 heteroatoms. The molecule has 2 N–H and O–H groups in total. The molecule has 0 bridgehead atoms. The van der Waals surface area contributed by atoms with E-state index in [0.29, 0.717) is 31.6 Å². The zero-order valence-electron chi connectivity index (χ0n) is 22.0. The smallest absolute Gasteiger partial charge is 0.166 e. The van der Waals surface area contributed by atoms with Gasteiger partial charge in [-0.3, -0.25) is 14.5 Å². The summed E-state index contributed by atoms with van der Waals surface area (Å²) in [5, 5.41) is 13.4. The van der Waals surface area contributed by atoms with Crippen molar-refractivity contribution in [1.82, 2.24) is 15.1 Å². The lowest BCUT2D eigenvalue weighted by Crippen LogP contribution is -2.44. The lowest BCUT2D eigenvalue weighted by atomic mass is 10.0. The Morgan fingerprint density at radius 2 is 2.14 bits per heavy atom. The summed E-state index contributed by atoms with van der Waals surface area (Å²) in [5.41, 5.74) is 1.11. The van der Waals surface area contributed by atoms with Gasteiger partial charge in [0.2, 0.25) is 0 Å². The van der Waals surface area contributed by atoms with E-state index in [1.54, 1.807) is 25.2 Å². The second-order valence-electron chi connectivity index (χ2n) is 10.8. The molecule has 0 radical (unpaired) electrons. The van der Waals surface area contributed by atoms with Crippen LogP contribution in [0.2, 0.25) is 0 Å². The van der Waals surface area contributed by atoms with Crippen molar-refractivity contribution in [3.8, 4) is 0 Å². The second kappa shape index (κ2) is 11.7. The molecule has 6 nitrogen and oxygen atoms in total. The summed E-state index contributed by atoms with van der Waals surface area (Å²) in [6.45, 7) is 7.57. The van der Waals surface area contributed by atoms with Crippen molar-refractivity contribution in [3.63, 3.8) is 0 Å². The van der Waals surface area contributed by atoms with Crippen LogP contribution in [0.5, 0.6) is 0 Å². The molecule has 37 heavy (non-hydrogen) atoms. The van der Waals surface area contributed by atoms with Crippen LogP contribution in [-0.4, -0.2) is 82.3 Å². The molecule has 1 spiro atoms. The van der Waals surface area contributed by atoms with Gasteiger partial charge in [-0.15, -0.1) is 11.6 Å². The predicted octanol–water partition coefficient (Wildman–Crippen LogP) is 4.25. The minimum absolute atomic E-state index is 0.0265. The zero-order chi connectivity index (χ0) is 26.7. The van der Waals surface area contributed by atoms with E-state index in [9.17, 15) is 19.1 Å². The van der Waals surface area contributed by atoms with Crippen LogP contribution in [0.1, 0.15) is 40.0 Å². The Morgan fingerprint density at radius 3 is 2.84 bits per heavy atom. The number of halogens is 2. The van der Waals surface area contributed by atoms with E-state index >= 15 is 0 Å². The number of allylic oxidation sites excluding steroid dienone is 4. The number of carbonyl (C=O) groups excluding carboxylic acids is 2. The van der Waals surface area contributed by atoms with E-state index in [1.165, 1.54) is 6.92 Å². The average Bonchev–Trinajstić information content (AvgIpc) is 3.08. The van der Waals surface area contributed by atoms with Crippen LogP contribution in [0, 0.1) is 11.8 Å². The SMILES string of the molecule is CC(=O)C1=CN(CC(=O)CN2CCCC2CNC/C(=C/C=C\C(C)Cl)C(C)F)[C@]23CC=CC(O)=CC2C13. The highest BCUT2D eigenvalue weighted by Gasteiger charge is 2.71. The minimum atomic E-state index is -1.05. The summed E-state index contributed by atoms with van der Waals surface area (Å²) in [5.74, 6) is 0.453. The number of likely N-dealkylation sites (tertiary alicyclic amines) is 1. The quantitative estimate of drug-likeness (QED) is 0.290. The highest BCUT2D eigenvalue weighted by atomic mass is 35.5. The molecule has 1 saturated carbocycles. The van der Waals surface area contributed by atoms with E-state index in [0.717, 1.165) is 25.0 Å². The molecule has 2 aliphatic carbocycles. The first kappa shape index (κ1) is 27.8. The number of aliphatic hydroxyl groups excluding tert-OH is 1. The molecule has 6 atom stereocenters. The van der Waals surface area contributed by atoms with E-state index < -0.39 is 6.17 Å². The van der Waals surface area contributed by atoms with Gasteiger partial charge >= 0.3 is 0 Å². The van der Waals surface area contributed by atoms with Crippen molar-refractivity contribution in [1.29, 1.82) is 0 Å². The van der Waals surface area contributed by atoms with Gasteiger partial charge in [-0.05, 0) is 64.3 Å². The number of aliphatic hydroxyl groups is 1. The van der Waals surface area contributed by atoms with Crippen molar-refractivity contribution < 1.29 is 19.1 Å². The van der Waals surface area contributed by atoms with Gasteiger partial charge in [-0.25, -0.2) is 4.39 Å². The molecule has 0 aromatic carbocycles. The maximum Gasteiger partial charge on any atom is 0.166 e. The van der Waals surface area contributed by atoms with E-state index in [1.807, 2.05) is 31.4 Å². The molecule has 4 rings (SSSR count). The number of nitrogens with one attached hydrogen (secondary N) is 1. The first-order valence-corrected chi connectivity index (χ1v) is 13.8. The molecule has 4 aliphatic rings. The van der Waals surface area contributed by atoms with Crippen LogP contribution in [0.4, 0.5) is 4.39 Å². The Labute approximate surface area is 224 Å². The Morgan fingerprint density at radius 1 is 1.35 bits per heavy atom. The first-order valence-electron chi connectivity index (χ1n) is 13.3. The van der Waals surface area contributed by atoms with E-state index in [2.05, 4.69) is 15.1 Å². The Kier molecular flexibility index (Phi) is 8.77. The molecule has 2 fully saturated rings. The summed E-state index contributed by atoms with van der Waals surface area (Å²) in [6, 6.07) is 0.223. The van der Waals surface area contributed by atoms with Crippen molar-refractivity contribution in [2.75, 3.05) is 32.7 Å². The van der Waals surface area contributed by atoms with Gasteiger partial charge in [-0.1, -0.05) is 24.3 Å². The topological polar surface area (TPSA) is 72.9 Å². The normalized spacial score (nSPS) is 31.0. The summed E-state index contributed by atoms with van der Waals surface area (Å²) >= 11 is 5.92. The number of ketones is 2. The van der Waals surface area contributed by atoms with Crippen molar-refractivity contribution >= 4 is 23.2 Å². The monoisotopic (exact) mass is 531 g/mol. The molecule has 2 heterocycles. The molecule has 2 aliphatic heterocycles. The van der Waals surface area contributed by atoms with Crippen LogP contribution in [-0.2, 0) is 9.59 Å². The molecule has 0 aromatic rings. The molecular formula is C29H39ClFN3O3. The first-order chi connectivity index (χ1) is 17.6. The van der Waals surface area contributed by atoms with Crippen molar-refractivity contribution in [2.45, 2.75) is 63.2 Å². The van der Waals surface area contributed by atoms with Crippen LogP contribution in [0.3, 0.4) is 0 Å². The fourth-order valence-corrected chi connectivity index (χ4v) is 6.32. The van der Waals surface area contributed by atoms with Gasteiger partial charge in [-0.2, -0.15) is 0 Å². The van der Waals surface area contributed by atoms with E-state index in [-0.39, 0.29) is 52.7 Å².